The molecule has 1 heterocycles. The fourth-order valence-electron chi connectivity index (χ4n) is 2.90. The number of carbonyl (C=O) groups is 1. The number of esters is 1. The van der Waals surface area contributed by atoms with E-state index in [1.165, 1.54) is 38.6 Å². The van der Waals surface area contributed by atoms with E-state index in [4.69, 9.17) is 4.74 Å². The molecule has 1 aromatic carbocycles. The number of benzene rings is 1. The number of rotatable bonds is 4. The highest BCUT2D eigenvalue weighted by Gasteiger charge is 2.21. The molecule has 1 aromatic rings. The van der Waals surface area contributed by atoms with E-state index in [-0.39, 0.29) is 5.97 Å². The Labute approximate surface area is 121 Å². The predicted octanol–water partition coefficient (Wildman–Crippen LogP) is 3.34. The van der Waals surface area contributed by atoms with E-state index < -0.39 is 0 Å². The molecule has 1 aliphatic rings. The average molecular weight is 275 g/mol. The fraction of sp³-hybridized carbons (Fsp3) is 0.588. The maximum atomic E-state index is 11.4. The van der Waals surface area contributed by atoms with Crippen molar-refractivity contribution in [2.45, 2.75) is 33.2 Å². The lowest BCUT2D eigenvalue weighted by Crippen LogP contribution is -2.34. The first-order chi connectivity index (χ1) is 9.60. The van der Waals surface area contributed by atoms with E-state index in [0.29, 0.717) is 5.56 Å². The second-order valence-corrected chi connectivity index (χ2v) is 6.05. The smallest absolute Gasteiger partial charge is 0.337 e. The number of piperidine rings is 1. The summed E-state index contributed by atoms with van der Waals surface area (Å²) in [6, 6.07) is 7.76. The van der Waals surface area contributed by atoms with Crippen molar-refractivity contribution in [2.75, 3.05) is 20.2 Å². The minimum Gasteiger partial charge on any atom is -0.465 e. The lowest BCUT2D eigenvalue weighted by Gasteiger charge is -2.33. The van der Waals surface area contributed by atoms with Crippen molar-refractivity contribution < 1.29 is 9.53 Å². The van der Waals surface area contributed by atoms with Crippen LogP contribution in [0.15, 0.2) is 24.3 Å². The molecule has 0 spiro atoms. The summed E-state index contributed by atoms with van der Waals surface area (Å²) in [4.78, 5) is 13.9. The molecule has 0 saturated carbocycles. The van der Waals surface area contributed by atoms with Gasteiger partial charge in [-0.1, -0.05) is 26.0 Å². The Morgan fingerprint density at radius 3 is 2.35 bits per heavy atom. The van der Waals surface area contributed by atoms with Gasteiger partial charge in [-0.25, -0.2) is 4.79 Å². The number of hydrogen-bond donors (Lipinski definition) is 0. The molecule has 1 aliphatic heterocycles. The van der Waals surface area contributed by atoms with Gasteiger partial charge in [0.05, 0.1) is 12.7 Å². The number of likely N-dealkylation sites (tertiary alicyclic amines) is 1. The Bertz CT molecular complexity index is 431. The molecule has 0 amide bonds. The van der Waals surface area contributed by atoms with Gasteiger partial charge in [-0.3, -0.25) is 4.90 Å². The summed E-state index contributed by atoms with van der Waals surface area (Å²) < 4.78 is 4.71. The molecule has 20 heavy (non-hydrogen) atoms. The maximum absolute atomic E-state index is 11.4. The van der Waals surface area contributed by atoms with Gasteiger partial charge in [-0.15, -0.1) is 0 Å². The molecule has 2 rings (SSSR count). The molecular weight excluding hydrogens is 250 g/mol. The predicted molar refractivity (Wildman–Crippen MR) is 80.6 cm³/mol. The molecule has 3 heteroatoms. The minimum atomic E-state index is -0.269. The van der Waals surface area contributed by atoms with Crippen LogP contribution in [0, 0.1) is 11.8 Å². The largest absolute Gasteiger partial charge is 0.465 e. The van der Waals surface area contributed by atoms with E-state index in [9.17, 15) is 4.79 Å². The normalized spacial score (nSPS) is 17.4. The molecule has 1 saturated heterocycles. The Hall–Kier alpha value is -1.35. The van der Waals surface area contributed by atoms with Crippen LogP contribution in [0.25, 0.3) is 0 Å². The first kappa shape index (κ1) is 15.0. The molecule has 0 unspecified atom stereocenters. The van der Waals surface area contributed by atoms with Crippen molar-refractivity contribution >= 4 is 5.97 Å². The van der Waals surface area contributed by atoms with Crippen LogP contribution in [-0.2, 0) is 11.3 Å². The number of ether oxygens (including phenoxy) is 1. The molecule has 110 valence electrons. The summed E-state index contributed by atoms with van der Waals surface area (Å²) in [5.74, 6) is 1.42. The summed E-state index contributed by atoms with van der Waals surface area (Å²) in [7, 11) is 1.41. The number of hydrogen-bond acceptors (Lipinski definition) is 3. The van der Waals surface area contributed by atoms with Crippen molar-refractivity contribution in [3.05, 3.63) is 35.4 Å². The van der Waals surface area contributed by atoms with Crippen LogP contribution in [0.5, 0.6) is 0 Å². The average Bonchev–Trinajstić information content (AvgIpc) is 2.48. The molecule has 0 bridgehead atoms. The third kappa shape index (κ3) is 3.83. The highest BCUT2D eigenvalue weighted by Crippen LogP contribution is 2.25. The van der Waals surface area contributed by atoms with Crippen LogP contribution in [0.4, 0.5) is 0 Å². The Balaban J connectivity index is 1.87. The first-order valence-corrected chi connectivity index (χ1v) is 7.49. The lowest BCUT2D eigenvalue weighted by atomic mass is 9.86. The zero-order valence-electron chi connectivity index (χ0n) is 12.8. The quantitative estimate of drug-likeness (QED) is 0.789. The molecule has 0 N–H and O–H groups in total. The van der Waals surface area contributed by atoms with Crippen LogP contribution < -0.4 is 0 Å². The topological polar surface area (TPSA) is 29.5 Å². The summed E-state index contributed by atoms with van der Waals surface area (Å²) >= 11 is 0. The van der Waals surface area contributed by atoms with Gasteiger partial charge in [0.2, 0.25) is 0 Å². The third-order valence-electron chi connectivity index (χ3n) is 4.36. The molecule has 1 fully saturated rings. The molecule has 0 radical (unpaired) electrons. The van der Waals surface area contributed by atoms with Crippen LogP contribution in [0.3, 0.4) is 0 Å². The van der Waals surface area contributed by atoms with Gasteiger partial charge < -0.3 is 4.74 Å². The lowest BCUT2D eigenvalue weighted by molar-refractivity contribution is 0.0600. The van der Waals surface area contributed by atoms with Crippen molar-refractivity contribution in [2.24, 2.45) is 11.8 Å². The Kier molecular flexibility index (Phi) is 5.18. The monoisotopic (exact) mass is 275 g/mol. The van der Waals surface area contributed by atoms with E-state index in [2.05, 4.69) is 18.7 Å². The summed E-state index contributed by atoms with van der Waals surface area (Å²) in [6.07, 6.45) is 2.61. The van der Waals surface area contributed by atoms with E-state index in [1.54, 1.807) is 0 Å². The summed E-state index contributed by atoms with van der Waals surface area (Å²) in [5, 5.41) is 0. The van der Waals surface area contributed by atoms with Crippen molar-refractivity contribution in [1.29, 1.82) is 0 Å². The fourth-order valence-corrected chi connectivity index (χ4v) is 2.90. The molecule has 0 atom stereocenters. The van der Waals surface area contributed by atoms with Gasteiger partial charge in [-0.05, 0) is 55.5 Å². The summed E-state index contributed by atoms with van der Waals surface area (Å²) in [5.41, 5.74) is 1.88. The number of nitrogens with zero attached hydrogens (tertiary/aromatic N) is 1. The highest BCUT2D eigenvalue weighted by atomic mass is 16.5. The van der Waals surface area contributed by atoms with Gasteiger partial charge in [0.25, 0.3) is 0 Å². The third-order valence-corrected chi connectivity index (χ3v) is 4.36. The van der Waals surface area contributed by atoms with E-state index in [0.717, 1.165) is 18.4 Å². The Morgan fingerprint density at radius 1 is 1.25 bits per heavy atom. The molecule has 3 nitrogen and oxygen atoms in total. The first-order valence-electron chi connectivity index (χ1n) is 7.49. The maximum Gasteiger partial charge on any atom is 0.337 e. The Morgan fingerprint density at radius 2 is 1.85 bits per heavy atom. The van der Waals surface area contributed by atoms with Gasteiger partial charge >= 0.3 is 5.97 Å². The van der Waals surface area contributed by atoms with E-state index in [1.807, 2.05) is 24.3 Å². The second-order valence-electron chi connectivity index (χ2n) is 6.05. The van der Waals surface area contributed by atoms with Crippen LogP contribution in [-0.4, -0.2) is 31.1 Å². The van der Waals surface area contributed by atoms with Gasteiger partial charge in [-0.2, -0.15) is 0 Å². The van der Waals surface area contributed by atoms with Crippen LogP contribution >= 0.6 is 0 Å². The van der Waals surface area contributed by atoms with Crippen molar-refractivity contribution in [3.8, 4) is 0 Å². The van der Waals surface area contributed by atoms with Crippen LogP contribution in [0.2, 0.25) is 0 Å². The van der Waals surface area contributed by atoms with Gasteiger partial charge in [0.15, 0.2) is 0 Å². The SMILES string of the molecule is COC(=O)c1ccc(CN2CCC(C(C)C)CC2)cc1. The van der Waals surface area contributed by atoms with Crippen molar-refractivity contribution in [1.82, 2.24) is 4.90 Å². The highest BCUT2D eigenvalue weighted by molar-refractivity contribution is 5.89. The molecule has 0 aromatic heterocycles. The minimum absolute atomic E-state index is 0.269. The standard InChI is InChI=1S/C17H25NO2/c1-13(2)15-8-10-18(11-9-15)12-14-4-6-16(7-5-14)17(19)20-3/h4-7,13,15H,8-12H2,1-3H3. The number of methoxy groups -OCH3 is 1. The van der Waals surface area contributed by atoms with Gasteiger partial charge in [0.1, 0.15) is 0 Å². The van der Waals surface area contributed by atoms with E-state index >= 15 is 0 Å². The molecule has 0 aliphatic carbocycles. The van der Waals surface area contributed by atoms with Gasteiger partial charge in [0, 0.05) is 6.54 Å². The molecular formula is C17H25NO2. The second kappa shape index (κ2) is 6.89. The zero-order chi connectivity index (χ0) is 14.5. The number of carbonyl (C=O) groups excluding carboxylic acids is 1. The zero-order valence-corrected chi connectivity index (χ0v) is 12.8. The van der Waals surface area contributed by atoms with Crippen LogP contribution in [0.1, 0.15) is 42.6 Å². The van der Waals surface area contributed by atoms with Crippen molar-refractivity contribution in [3.63, 3.8) is 0 Å². The summed E-state index contributed by atoms with van der Waals surface area (Å²) in [6.45, 7) is 7.99.